The number of aromatic nitrogens is 1. The molecule has 0 saturated carbocycles. The van der Waals surface area contributed by atoms with Crippen LogP contribution in [0.5, 0.6) is 11.5 Å². The Balaban J connectivity index is 1.65. The molecule has 1 aliphatic heterocycles. The van der Waals surface area contributed by atoms with Crippen LogP contribution in [-0.4, -0.2) is 43.5 Å². The van der Waals surface area contributed by atoms with Crippen molar-refractivity contribution < 1.29 is 17.9 Å². The maximum atomic E-state index is 13.5. The van der Waals surface area contributed by atoms with Gasteiger partial charge in [-0.25, -0.2) is 8.42 Å². The van der Waals surface area contributed by atoms with Crippen molar-refractivity contribution in [1.29, 1.82) is 0 Å². The Morgan fingerprint density at radius 3 is 2.72 bits per heavy atom. The van der Waals surface area contributed by atoms with E-state index in [1.165, 1.54) is 4.31 Å². The molecule has 7 heteroatoms. The molecule has 2 heterocycles. The lowest BCUT2D eigenvalue weighted by Crippen LogP contribution is -2.44. The van der Waals surface area contributed by atoms with Gasteiger partial charge in [0.05, 0.1) is 12.1 Å². The predicted octanol–water partition coefficient (Wildman–Crippen LogP) is 3.78. The van der Waals surface area contributed by atoms with E-state index in [0.717, 1.165) is 10.9 Å². The van der Waals surface area contributed by atoms with E-state index in [1.807, 2.05) is 50.2 Å². The summed E-state index contributed by atoms with van der Waals surface area (Å²) in [5, 5.41) is 0.814. The summed E-state index contributed by atoms with van der Waals surface area (Å²) in [4.78, 5) is 4.63. The molecule has 6 nitrogen and oxygen atoms in total. The fourth-order valence-corrected chi connectivity index (χ4v) is 5.26. The molecule has 29 heavy (non-hydrogen) atoms. The third kappa shape index (κ3) is 3.93. The van der Waals surface area contributed by atoms with E-state index in [4.69, 9.17) is 9.47 Å². The summed E-state index contributed by atoms with van der Waals surface area (Å²) >= 11 is 0. The Morgan fingerprint density at radius 2 is 1.93 bits per heavy atom. The highest BCUT2D eigenvalue weighted by Crippen LogP contribution is 2.32. The molecule has 3 aromatic rings. The van der Waals surface area contributed by atoms with Gasteiger partial charge in [-0.2, -0.15) is 4.31 Å². The van der Waals surface area contributed by atoms with Crippen LogP contribution in [0.3, 0.4) is 0 Å². The molecule has 1 unspecified atom stereocenters. The first-order valence-electron chi connectivity index (χ1n) is 9.73. The Labute approximate surface area is 171 Å². The molecular weight excluding hydrogens is 388 g/mol. The summed E-state index contributed by atoms with van der Waals surface area (Å²) in [6, 6.07) is 14.6. The van der Waals surface area contributed by atoms with Crippen molar-refractivity contribution >= 4 is 20.9 Å². The lowest BCUT2D eigenvalue weighted by atomic mass is 10.2. The summed E-state index contributed by atoms with van der Waals surface area (Å²) < 4.78 is 40.3. The fourth-order valence-electron chi connectivity index (χ4n) is 3.53. The second kappa shape index (κ2) is 8.00. The van der Waals surface area contributed by atoms with E-state index in [2.05, 4.69) is 4.98 Å². The van der Waals surface area contributed by atoms with Crippen molar-refractivity contribution in [2.24, 2.45) is 0 Å². The van der Waals surface area contributed by atoms with Crippen molar-refractivity contribution in [3.63, 3.8) is 0 Å². The third-order valence-corrected chi connectivity index (χ3v) is 6.77. The SMILES string of the molecule is CCCN(CC1COc2ccccc2O1)S(=O)(=O)c1cccc2cc(C)cnc12. The molecule has 0 N–H and O–H groups in total. The van der Waals surface area contributed by atoms with Crippen molar-refractivity contribution in [3.05, 3.63) is 60.3 Å². The summed E-state index contributed by atoms with van der Waals surface area (Å²) in [6.45, 7) is 4.81. The number of sulfonamides is 1. The zero-order valence-corrected chi connectivity index (χ0v) is 17.4. The lowest BCUT2D eigenvalue weighted by Gasteiger charge is -2.31. The van der Waals surface area contributed by atoms with Gasteiger partial charge < -0.3 is 9.47 Å². The number of aryl methyl sites for hydroxylation is 1. The van der Waals surface area contributed by atoms with Crippen LogP contribution < -0.4 is 9.47 Å². The van der Waals surface area contributed by atoms with Gasteiger partial charge in [0.25, 0.3) is 0 Å². The number of para-hydroxylation sites is 3. The molecule has 0 amide bonds. The Bertz CT molecular complexity index is 1130. The standard InChI is InChI=1S/C22H24N2O4S/c1-3-11-24(14-18-15-27-19-8-4-5-9-20(19)28-18)29(25,26)21-10-6-7-17-12-16(2)13-23-22(17)21/h4-10,12-13,18H,3,11,14-15H2,1-2H3. The summed E-state index contributed by atoms with van der Waals surface area (Å²) in [5.41, 5.74) is 1.48. The third-order valence-electron chi connectivity index (χ3n) is 4.88. The second-order valence-electron chi connectivity index (χ2n) is 7.20. The maximum absolute atomic E-state index is 13.5. The highest BCUT2D eigenvalue weighted by atomic mass is 32.2. The van der Waals surface area contributed by atoms with Crippen molar-refractivity contribution in [2.45, 2.75) is 31.3 Å². The molecule has 0 radical (unpaired) electrons. The minimum atomic E-state index is -3.74. The van der Waals surface area contributed by atoms with E-state index in [1.54, 1.807) is 18.3 Å². The van der Waals surface area contributed by atoms with E-state index in [-0.39, 0.29) is 17.5 Å². The molecule has 1 aliphatic rings. The van der Waals surface area contributed by atoms with Crippen molar-refractivity contribution in [1.82, 2.24) is 9.29 Å². The first-order valence-corrected chi connectivity index (χ1v) is 11.2. The molecule has 0 aliphatic carbocycles. The zero-order chi connectivity index (χ0) is 20.4. The Morgan fingerprint density at radius 1 is 1.14 bits per heavy atom. The molecular formula is C22H24N2O4S. The highest BCUT2D eigenvalue weighted by molar-refractivity contribution is 7.89. The van der Waals surface area contributed by atoms with Crippen LogP contribution in [0.2, 0.25) is 0 Å². The first-order chi connectivity index (χ1) is 14.0. The molecule has 2 aromatic carbocycles. The number of hydrogen-bond donors (Lipinski definition) is 0. The van der Waals surface area contributed by atoms with Gasteiger partial charge in [0.15, 0.2) is 11.5 Å². The lowest BCUT2D eigenvalue weighted by molar-refractivity contribution is 0.0764. The van der Waals surface area contributed by atoms with Crippen molar-refractivity contribution in [3.8, 4) is 11.5 Å². The number of benzene rings is 2. The van der Waals surface area contributed by atoms with E-state index in [0.29, 0.717) is 36.6 Å². The molecule has 1 atom stereocenters. The topological polar surface area (TPSA) is 68.7 Å². The number of rotatable bonds is 6. The van der Waals surface area contributed by atoms with Crippen LogP contribution in [0, 0.1) is 6.92 Å². The van der Waals surface area contributed by atoms with Gasteiger partial charge in [-0.3, -0.25) is 4.98 Å². The smallest absolute Gasteiger partial charge is 0.245 e. The zero-order valence-electron chi connectivity index (χ0n) is 16.5. The molecule has 0 bridgehead atoms. The quantitative estimate of drug-likeness (QED) is 0.616. The summed E-state index contributed by atoms with van der Waals surface area (Å²) in [7, 11) is -3.74. The highest BCUT2D eigenvalue weighted by Gasteiger charge is 2.31. The first kappa shape index (κ1) is 19.7. The van der Waals surface area contributed by atoms with E-state index >= 15 is 0 Å². The summed E-state index contributed by atoms with van der Waals surface area (Å²) in [5.74, 6) is 1.32. The van der Waals surface area contributed by atoms with Crippen molar-refractivity contribution in [2.75, 3.05) is 19.7 Å². The van der Waals surface area contributed by atoms with Gasteiger partial charge in [-0.15, -0.1) is 0 Å². The molecule has 1 aromatic heterocycles. The number of ether oxygens (including phenoxy) is 2. The number of fused-ring (bicyclic) bond motifs is 2. The van der Waals surface area contributed by atoms with Gasteiger partial charge >= 0.3 is 0 Å². The summed E-state index contributed by atoms with van der Waals surface area (Å²) in [6.07, 6.45) is 2.01. The van der Waals surface area contributed by atoms with Crippen LogP contribution in [0.15, 0.2) is 59.6 Å². The number of nitrogens with zero attached hydrogens (tertiary/aromatic N) is 2. The number of hydrogen-bond acceptors (Lipinski definition) is 5. The van der Waals surface area contributed by atoms with Gasteiger partial charge in [0.1, 0.15) is 17.6 Å². The van der Waals surface area contributed by atoms with Gasteiger partial charge in [-0.1, -0.05) is 31.2 Å². The normalized spacial score (nSPS) is 16.3. The van der Waals surface area contributed by atoms with Gasteiger partial charge in [-0.05, 0) is 43.2 Å². The average molecular weight is 413 g/mol. The van der Waals surface area contributed by atoms with E-state index < -0.39 is 10.0 Å². The number of pyridine rings is 1. The predicted molar refractivity (Wildman–Crippen MR) is 112 cm³/mol. The molecule has 0 saturated heterocycles. The minimum absolute atomic E-state index is 0.215. The van der Waals surface area contributed by atoms with Gasteiger partial charge in [0.2, 0.25) is 10.0 Å². The van der Waals surface area contributed by atoms with E-state index in [9.17, 15) is 8.42 Å². The molecule has 152 valence electrons. The Hall–Kier alpha value is -2.64. The molecule has 0 spiro atoms. The van der Waals surface area contributed by atoms with Crippen LogP contribution in [0.25, 0.3) is 10.9 Å². The second-order valence-corrected chi connectivity index (χ2v) is 9.11. The minimum Gasteiger partial charge on any atom is -0.486 e. The van der Waals surface area contributed by atoms with Gasteiger partial charge in [0, 0.05) is 18.1 Å². The Kier molecular flexibility index (Phi) is 5.43. The van der Waals surface area contributed by atoms with Crippen LogP contribution in [0.1, 0.15) is 18.9 Å². The monoisotopic (exact) mass is 412 g/mol. The largest absolute Gasteiger partial charge is 0.486 e. The molecule has 0 fully saturated rings. The van der Waals surface area contributed by atoms with Crippen LogP contribution in [0.4, 0.5) is 0 Å². The van der Waals surface area contributed by atoms with Crippen LogP contribution in [-0.2, 0) is 10.0 Å². The maximum Gasteiger partial charge on any atom is 0.245 e. The van der Waals surface area contributed by atoms with Crippen LogP contribution >= 0.6 is 0 Å². The molecule has 4 rings (SSSR count). The fraction of sp³-hybridized carbons (Fsp3) is 0.318. The average Bonchev–Trinajstić information content (AvgIpc) is 2.72.